The monoisotopic (exact) mass is 830 g/mol. The molecule has 6 nitrogen and oxygen atoms in total. The fourth-order valence-corrected chi connectivity index (χ4v) is 7.86. The molecule has 0 fully saturated rings. The Morgan fingerprint density at radius 2 is 0.915 bits per heavy atom. The van der Waals surface area contributed by atoms with E-state index in [4.69, 9.17) is 4.74 Å². The summed E-state index contributed by atoms with van der Waals surface area (Å²) in [6, 6.07) is -0.705. The Balaban J connectivity index is 4.59. The number of amides is 1. The van der Waals surface area contributed by atoms with Gasteiger partial charge < -0.3 is 20.3 Å². The van der Waals surface area contributed by atoms with Gasteiger partial charge in [-0.05, 0) is 57.8 Å². The van der Waals surface area contributed by atoms with Gasteiger partial charge in [-0.3, -0.25) is 9.59 Å². The number of rotatable bonds is 46. The number of aliphatic hydroxyl groups is 2. The molecular weight excluding hydrogens is 731 g/mol. The number of allylic oxidation sites excluding steroid dienone is 6. The maximum atomic E-state index is 13.2. The van der Waals surface area contributed by atoms with E-state index >= 15 is 0 Å². The third kappa shape index (κ3) is 42.6. The van der Waals surface area contributed by atoms with Crippen molar-refractivity contribution in [3.63, 3.8) is 0 Å². The number of hydrogen-bond donors (Lipinski definition) is 3. The molecule has 0 aliphatic rings. The number of nitrogens with one attached hydrogen (secondary N) is 1. The highest BCUT2D eigenvalue weighted by Crippen LogP contribution is 2.18. The molecule has 0 bridgehead atoms. The standard InChI is InChI=1S/C53H99NO5/c1-4-7-10-13-16-19-22-24-26-28-31-34-37-40-43-46-53(58)59-49(44-41-38-35-32-30-27-25-23-20-17-14-11-8-5-2)47-52(57)54-50(48-55)51(56)45-42-39-36-33-29-21-18-15-12-9-6-3/h8,11,17,20,25,27,49-51,55-56H,4-7,9-10,12-16,18-19,21-24,26,28-48H2,1-3H3,(H,54,57)/b11-8+,20-17+,27-25+. The highest BCUT2D eigenvalue weighted by atomic mass is 16.5. The summed E-state index contributed by atoms with van der Waals surface area (Å²) < 4.78 is 5.93. The lowest BCUT2D eigenvalue weighted by Gasteiger charge is -2.24. The van der Waals surface area contributed by atoms with Gasteiger partial charge in [0.05, 0.1) is 25.2 Å². The second-order valence-electron chi connectivity index (χ2n) is 17.5. The van der Waals surface area contributed by atoms with Crippen molar-refractivity contribution >= 4 is 11.9 Å². The Bertz CT molecular complexity index is 977. The van der Waals surface area contributed by atoms with Crippen LogP contribution in [0.3, 0.4) is 0 Å². The maximum Gasteiger partial charge on any atom is 0.306 e. The van der Waals surface area contributed by atoms with Crippen LogP contribution in [-0.2, 0) is 14.3 Å². The number of hydrogen-bond acceptors (Lipinski definition) is 5. The van der Waals surface area contributed by atoms with Crippen LogP contribution in [0.15, 0.2) is 36.5 Å². The summed E-state index contributed by atoms with van der Waals surface area (Å²) in [7, 11) is 0. The number of aliphatic hydroxyl groups excluding tert-OH is 2. The number of carbonyl (C=O) groups excluding carboxylic acids is 2. The van der Waals surface area contributed by atoms with Crippen molar-refractivity contribution < 1.29 is 24.5 Å². The van der Waals surface area contributed by atoms with E-state index in [1.165, 1.54) is 128 Å². The molecule has 0 heterocycles. The van der Waals surface area contributed by atoms with E-state index in [2.05, 4.69) is 62.5 Å². The van der Waals surface area contributed by atoms with Crippen molar-refractivity contribution in [2.75, 3.05) is 6.61 Å². The van der Waals surface area contributed by atoms with Crippen molar-refractivity contribution in [3.8, 4) is 0 Å². The third-order valence-corrected chi connectivity index (χ3v) is 11.7. The normalized spacial score (nSPS) is 13.5. The first-order valence-electron chi connectivity index (χ1n) is 25.7. The summed E-state index contributed by atoms with van der Waals surface area (Å²) in [6.45, 7) is 6.37. The van der Waals surface area contributed by atoms with Crippen LogP contribution in [0.2, 0.25) is 0 Å². The molecule has 0 aromatic heterocycles. The molecule has 3 unspecified atom stereocenters. The summed E-state index contributed by atoms with van der Waals surface area (Å²) >= 11 is 0. The minimum Gasteiger partial charge on any atom is -0.462 e. The van der Waals surface area contributed by atoms with E-state index in [0.29, 0.717) is 19.3 Å². The second-order valence-corrected chi connectivity index (χ2v) is 17.5. The first kappa shape index (κ1) is 57.1. The molecule has 6 heteroatoms. The van der Waals surface area contributed by atoms with Gasteiger partial charge >= 0.3 is 5.97 Å². The second kappa shape index (κ2) is 47.1. The quantitative estimate of drug-likeness (QED) is 0.0323. The largest absolute Gasteiger partial charge is 0.462 e. The van der Waals surface area contributed by atoms with Crippen molar-refractivity contribution in [2.24, 2.45) is 0 Å². The zero-order chi connectivity index (χ0) is 43.1. The van der Waals surface area contributed by atoms with Gasteiger partial charge in [0, 0.05) is 6.42 Å². The first-order chi connectivity index (χ1) is 29.0. The average Bonchev–Trinajstić information content (AvgIpc) is 3.23. The Morgan fingerprint density at radius 3 is 1.39 bits per heavy atom. The van der Waals surface area contributed by atoms with E-state index in [0.717, 1.165) is 89.9 Å². The Labute approximate surface area is 366 Å². The summed E-state index contributed by atoms with van der Waals surface area (Å²) in [4.78, 5) is 26.1. The topological polar surface area (TPSA) is 95.9 Å². The summed E-state index contributed by atoms with van der Waals surface area (Å²) in [5.74, 6) is -0.485. The van der Waals surface area contributed by atoms with Gasteiger partial charge in [0.25, 0.3) is 0 Å². The Kier molecular flexibility index (Phi) is 45.6. The Morgan fingerprint density at radius 1 is 0.508 bits per heavy atom. The number of esters is 1. The molecule has 3 atom stereocenters. The van der Waals surface area contributed by atoms with Gasteiger partial charge in [-0.25, -0.2) is 0 Å². The van der Waals surface area contributed by atoms with Gasteiger partial charge in [-0.15, -0.1) is 0 Å². The minimum atomic E-state index is -0.790. The van der Waals surface area contributed by atoms with Crippen LogP contribution in [0.25, 0.3) is 0 Å². The summed E-state index contributed by atoms with van der Waals surface area (Å²) in [5, 5.41) is 23.7. The lowest BCUT2D eigenvalue weighted by Crippen LogP contribution is -2.46. The van der Waals surface area contributed by atoms with E-state index in [1.807, 2.05) is 0 Å². The lowest BCUT2D eigenvalue weighted by molar-refractivity contribution is -0.151. The predicted molar refractivity (Wildman–Crippen MR) is 255 cm³/mol. The molecule has 0 radical (unpaired) electrons. The summed E-state index contributed by atoms with van der Waals surface area (Å²) in [5.41, 5.74) is 0. The number of carbonyl (C=O) groups is 2. The molecule has 0 aromatic rings. The van der Waals surface area contributed by atoms with Gasteiger partial charge in [0.1, 0.15) is 6.10 Å². The number of unbranched alkanes of at least 4 members (excludes halogenated alkanes) is 28. The fraction of sp³-hybridized carbons (Fsp3) is 0.849. The highest BCUT2D eigenvalue weighted by molar-refractivity contribution is 5.77. The summed E-state index contributed by atoms with van der Waals surface area (Å²) in [6.07, 6.45) is 54.9. The molecule has 0 aromatic carbocycles. The molecule has 0 spiro atoms. The maximum absolute atomic E-state index is 13.2. The molecule has 0 rings (SSSR count). The van der Waals surface area contributed by atoms with Crippen LogP contribution in [-0.4, -0.2) is 46.9 Å². The van der Waals surface area contributed by atoms with Crippen molar-refractivity contribution in [1.29, 1.82) is 0 Å². The zero-order valence-corrected chi connectivity index (χ0v) is 39.4. The van der Waals surface area contributed by atoms with E-state index < -0.39 is 18.2 Å². The van der Waals surface area contributed by atoms with Crippen LogP contribution in [0.4, 0.5) is 0 Å². The van der Waals surface area contributed by atoms with Gasteiger partial charge in [0.2, 0.25) is 5.91 Å². The van der Waals surface area contributed by atoms with E-state index in [-0.39, 0.29) is 24.9 Å². The van der Waals surface area contributed by atoms with E-state index in [9.17, 15) is 19.8 Å². The van der Waals surface area contributed by atoms with Gasteiger partial charge in [0.15, 0.2) is 0 Å². The van der Waals surface area contributed by atoms with Crippen LogP contribution >= 0.6 is 0 Å². The lowest BCUT2D eigenvalue weighted by atomic mass is 10.0. The van der Waals surface area contributed by atoms with Crippen LogP contribution in [0, 0.1) is 0 Å². The molecule has 346 valence electrons. The van der Waals surface area contributed by atoms with Crippen molar-refractivity contribution in [1.82, 2.24) is 5.32 Å². The van der Waals surface area contributed by atoms with Crippen LogP contribution in [0.1, 0.15) is 265 Å². The SMILES string of the molecule is CC/C=C/C/C=C/C/C=C/CCCCCCC(CC(=O)NC(CO)C(O)CCCCCCCCCCCCC)OC(=O)CCCCCCCCCCCCCCCCC. The molecule has 0 aliphatic heterocycles. The predicted octanol–water partition coefficient (Wildman–Crippen LogP) is 15.3. The number of ether oxygens (including phenoxy) is 1. The van der Waals surface area contributed by atoms with Crippen molar-refractivity contribution in [2.45, 2.75) is 283 Å². The molecule has 0 saturated carbocycles. The van der Waals surface area contributed by atoms with E-state index in [1.54, 1.807) is 0 Å². The zero-order valence-electron chi connectivity index (χ0n) is 39.4. The minimum absolute atomic E-state index is 0.0662. The molecule has 3 N–H and O–H groups in total. The van der Waals surface area contributed by atoms with Gasteiger partial charge in [-0.2, -0.15) is 0 Å². The van der Waals surface area contributed by atoms with Crippen LogP contribution in [0.5, 0.6) is 0 Å². The average molecular weight is 830 g/mol. The van der Waals surface area contributed by atoms with Gasteiger partial charge in [-0.1, -0.05) is 231 Å². The molecule has 1 amide bonds. The fourth-order valence-electron chi connectivity index (χ4n) is 7.86. The molecule has 59 heavy (non-hydrogen) atoms. The Hall–Kier alpha value is -1.92. The van der Waals surface area contributed by atoms with Crippen LogP contribution < -0.4 is 5.32 Å². The molecular formula is C53H99NO5. The highest BCUT2D eigenvalue weighted by Gasteiger charge is 2.24. The molecule has 0 saturated heterocycles. The smallest absolute Gasteiger partial charge is 0.306 e. The third-order valence-electron chi connectivity index (χ3n) is 11.7. The molecule has 0 aliphatic carbocycles. The van der Waals surface area contributed by atoms with Crippen molar-refractivity contribution in [3.05, 3.63) is 36.5 Å². The first-order valence-corrected chi connectivity index (χ1v) is 25.7.